The van der Waals surface area contributed by atoms with Crippen LogP contribution in [0.25, 0.3) is 0 Å². The van der Waals surface area contributed by atoms with E-state index in [1.54, 1.807) is 11.0 Å². The zero-order chi connectivity index (χ0) is 15.1. The van der Waals surface area contributed by atoms with Gasteiger partial charge in [-0.25, -0.2) is 0 Å². The van der Waals surface area contributed by atoms with Gasteiger partial charge in [0.1, 0.15) is 5.75 Å². The van der Waals surface area contributed by atoms with Gasteiger partial charge in [0.2, 0.25) is 5.91 Å². The molecular formula is C16H22ClNO3. The van der Waals surface area contributed by atoms with Gasteiger partial charge in [-0.3, -0.25) is 4.79 Å². The highest BCUT2D eigenvalue weighted by Gasteiger charge is 2.20. The first-order valence-corrected chi connectivity index (χ1v) is 7.73. The van der Waals surface area contributed by atoms with E-state index in [2.05, 4.69) is 0 Å². The average molecular weight is 312 g/mol. The van der Waals surface area contributed by atoms with Crippen molar-refractivity contribution in [3.05, 3.63) is 29.3 Å². The molecule has 1 aliphatic heterocycles. The predicted octanol–water partition coefficient (Wildman–Crippen LogP) is 2.99. The third kappa shape index (κ3) is 5.21. The maximum absolute atomic E-state index is 12.0. The first-order chi connectivity index (χ1) is 10.2. The fraction of sp³-hybridized carbons (Fsp3) is 0.562. The van der Waals surface area contributed by atoms with Crippen LogP contribution in [0, 0.1) is 5.92 Å². The number of ether oxygens (including phenoxy) is 2. The van der Waals surface area contributed by atoms with E-state index < -0.39 is 0 Å². The first kappa shape index (κ1) is 16.1. The van der Waals surface area contributed by atoms with Crippen LogP contribution < -0.4 is 4.74 Å². The molecule has 1 heterocycles. The third-order valence-corrected chi connectivity index (χ3v) is 3.96. The summed E-state index contributed by atoms with van der Waals surface area (Å²) in [6.45, 7) is 2.74. The van der Waals surface area contributed by atoms with Gasteiger partial charge in [-0.15, -0.1) is 0 Å². The summed E-state index contributed by atoms with van der Waals surface area (Å²) < 4.78 is 10.9. The van der Waals surface area contributed by atoms with Gasteiger partial charge in [-0.05, 0) is 30.9 Å². The second-order valence-corrected chi connectivity index (χ2v) is 5.79. The minimum absolute atomic E-state index is 0.184. The standard InChI is InChI=1S/C16H22ClNO3/c1-18(16(19)11-13-7-10-20-12-13)8-4-9-21-15-6-3-2-5-14(15)17/h2-3,5-6,13H,4,7-12H2,1H3/t13-/m1/s1. The monoisotopic (exact) mass is 311 g/mol. The van der Waals surface area contributed by atoms with Crippen LogP contribution in [0.3, 0.4) is 0 Å². The summed E-state index contributed by atoms with van der Waals surface area (Å²) in [4.78, 5) is 13.8. The van der Waals surface area contributed by atoms with Crippen LogP contribution in [0.4, 0.5) is 0 Å². The van der Waals surface area contributed by atoms with E-state index in [9.17, 15) is 4.79 Å². The Morgan fingerprint density at radius 3 is 3.00 bits per heavy atom. The molecule has 1 atom stereocenters. The van der Waals surface area contributed by atoms with Crippen LogP contribution in [-0.4, -0.2) is 44.2 Å². The maximum atomic E-state index is 12.0. The highest BCUT2D eigenvalue weighted by Crippen LogP contribution is 2.23. The largest absolute Gasteiger partial charge is 0.492 e. The van der Waals surface area contributed by atoms with E-state index in [0.717, 1.165) is 26.1 Å². The number of rotatable bonds is 7. The molecule has 1 saturated heterocycles. The molecule has 1 amide bonds. The lowest BCUT2D eigenvalue weighted by Gasteiger charge is -2.19. The summed E-state index contributed by atoms with van der Waals surface area (Å²) in [5.74, 6) is 1.26. The minimum atomic E-state index is 0.184. The Morgan fingerprint density at radius 1 is 1.48 bits per heavy atom. The Balaban J connectivity index is 1.63. The van der Waals surface area contributed by atoms with Gasteiger partial charge in [0.15, 0.2) is 0 Å². The Kier molecular flexibility index (Phi) is 6.33. The quantitative estimate of drug-likeness (QED) is 0.727. The molecule has 1 aromatic rings. The molecule has 2 rings (SSSR count). The van der Waals surface area contributed by atoms with Gasteiger partial charge >= 0.3 is 0 Å². The lowest BCUT2D eigenvalue weighted by atomic mass is 10.0. The SMILES string of the molecule is CN(CCCOc1ccccc1Cl)C(=O)C[C@H]1CCOC1. The lowest BCUT2D eigenvalue weighted by Crippen LogP contribution is -2.30. The average Bonchev–Trinajstić information content (AvgIpc) is 2.98. The molecule has 0 radical (unpaired) electrons. The Hall–Kier alpha value is -1.26. The van der Waals surface area contributed by atoms with Crippen molar-refractivity contribution >= 4 is 17.5 Å². The highest BCUT2D eigenvalue weighted by molar-refractivity contribution is 6.32. The van der Waals surface area contributed by atoms with Crippen molar-refractivity contribution in [1.82, 2.24) is 4.90 Å². The molecule has 1 fully saturated rings. The van der Waals surface area contributed by atoms with Crippen LogP contribution >= 0.6 is 11.6 Å². The first-order valence-electron chi connectivity index (χ1n) is 7.36. The number of carbonyl (C=O) groups excluding carboxylic acids is 1. The number of para-hydroxylation sites is 1. The van der Waals surface area contributed by atoms with Gasteiger partial charge in [0, 0.05) is 33.2 Å². The normalized spacial score (nSPS) is 17.7. The molecule has 21 heavy (non-hydrogen) atoms. The lowest BCUT2D eigenvalue weighted by molar-refractivity contribution is -0.131. The summed E-state index contributed by atoms with van der Waals surface area (Å²) in [5.41, 5.74) is 0. The predicted molar refractivity (Wildman–Crippen MR) is 82.7 cm³/mol. The summed E-state index contributed by atoms with van der Waals surface area (Å²) in [7, 11) is 1.84. The number of benzene rings is 1. The highest BCUT2D eigenvalue weighted by atomic mass is 35.5. The van der Waals surface area contributed by atoms with Gasteiger partial charge in [0.25, 0.3) is 0 Å². The second-order valence-electron chi connectivity index (χ2n) is 5.38. The van der Waals surface area contributed by atoms with Gasteiger partial charge in [-0.1, -0.05) is 23.7 Å². The molecule has 0 N–H and O–H groups in total. The smallest absolute Gasteiger partial charge is 0.222 e. The van der Waals surface area contributed by atoms with Crippen LogP contribution in [0.5, 0.6) is 5.75 Å². The second kappa shape index (κ2) is 8.25. The van der Waals surface area contributed by atoms with E-state index in [1.165, 1.54) is 0 Å². The van der Waals surface area contributed by atoms with Crippen molar-refractivity contribution in [1.29, 1.82) is 0 Å². The Morgan fingerprint density at radius 2 is 2.29 bits per heavy atom. The summed E-state index contributed by atoms with van der Waals surface area (Å²) >= 11 is 6.01. The van der Waals surface area contributed by atoms with E-state index in [0.29, 0.717) is 36.3 Å². The van der Waals surface area contributed by atoms with Crippen LogP contribution in [0.15, 0.2) is 24.3 Å². The van der Waals surface area contributed by atoms with Crippen LogP contribution in [0.2, 0.25) is 5.02 Å². The third-order valence-electron chi connectivity index (χ3n) is 3.65. The number of amides is 1. The molecular weight excluding hydrogens is 290 g/mol. The van der Waals surface area contributed by atoms with Crippen LogP contribution in [-0.2, 0) is 9.53 Å². The molecule has 1 aliphatic rings. The molecule has 0 aromatic heterocycles. The molecule has 1 aromatic carbocycles. The minimum Gasteiger partial charge on any atom is -0.492 e. The zero-order valence-corrected chi connectivity index (χ0v) is 13.1. The fourth-order valence-corrected chi connectivity index (χ4v) is 2.51. The summed E-state index contributed by atoms with van der Waals surface area (Å²) in [6.07, 6.45) is 2.37. The van der Waals surface area contributed by atoms with Gasteiger partial charge < -0.3 is 14.4 Å². The topological polar surface area (TPSA) is 38.8 Å². The fourth-order valence-electron chi connectivity index (χ4n) is 2.32. The van der Waals surface area contributed by atoms with Gasteiger partial charge in [0.05, 0.1) is 11.6 Å². The number of nitrogens with zero attached hydrogens (tertiary/aromatic N) is 1. The molecule has 116 valence electrons. The van der Waals surface area contributed by atoms with Crippen molar-refractivity contribution in [2.45, 2.75) is 19.3 Å². The van der Waals surface area contributed by atoms with E-state index >= 15 is 0 Å². The molecule has 0 bridgehead atoms. The molecule has 0 saturated carbocycles. The van der Waals surface area contributed by atoms with Crippen molar-refractivity contribution in [3.63, 3.8) is 0 Å². The number of carbonyl (C=O) groups is 1. The number of hydrogen-bond donors (Lipinski definition) is 0. The number of hydrogen-bond acceptors (Lipinski definition) is 3. The van der Waals surface area contributed by atoms with Gasteiger partial charge in [-0.2, -0.15) is 0 Å². The van der Waals surface area contributed by atoms with Crippen molar-refractivity contribution in [2.75, 3.05) is 33.4 Å². The molecule has 0 unspecified atom stereocenters. The Bertz CT molecular complexity index is 461. The van der Waals surface area contributed by atoms with E-state index in [1.807, 2.05) is 25.2 Å². The zero-order valence-electron chi connectivity index (χ0n) is 12.4. The maximum Gasteiger partial charge on any atom is 0.222 e. The summed E-state index contributed by atoms with van der Waals surface area (Å²) in [5, 5.41) is 0.614. The molecule has 0 spiro atoms. The number of halogens is 1. The summed E-state index contributed by atoms with van der Waals surface area (Å²) in [6, 6.07) is 7.41. The molecule has 0 aliphatic carbocycles. The Labute approximate surface area is 131 Å². The molecule has 4 nitrogen and oxygen atoms in total. The van der Waals surface area contributed by atoms with Crippen LogP contribution in [0.1, 0.15) is 19.3 Å². The molecule has 5 heteroatoms. The van der Waals surface area contributed by atoms with Crippen molar-refractivity contribution in [3.8, 4) is 5.75 Å². The van der Waals surface area contributed by atoms with Crippen molar-refractivity contribution < 1.29 is 14.3 Å². The van der Waals surface area contributed by atoms with E-state index in [4.69, 9.17) is 21.1 Å². The van der Waals surface area contributed by atoms with E-state index in [-0.39, 0.29) is 5.91 Å². The van der Waals surface area contributed by atoms with Crippen molar-refractivity contribution in [2.24, 2.45) is 5.92 Å².